The van der Waals surface area contributed by atoms with Crippen LogP contribution in [0.4, 0.5) is 4.79 Å². The summed E-state index contributed by atoms with van der Waals surface area (Å²) in [7, 11) is 0. The Labute approximate surface area is 239 Å². The van der Waals surface area contributed by atoms with Crippen LogP contribution in [0.3, 0.4) is 0 Å². The fourth-order valence-electron chi connectivity index (χ4n) is 3.63. The molecule has 7 N–H and O–H groups in total. The highest BCUT2D eigenvalue weighted by atomic mass is 16.4. The third kappa shape index (κ3) is 17.9. The number of aliphatic carboxylic acids is 2. The van der Waals surface area contributed by atoms with Gasteiger partial charge in [-0.05, 0) is 63.5 Å². The van der Waals surface area contributed by atoms with Gasteiger partial charge in [0.2, 0.25) is 11.8 Å². The zero-order valence-electron chi connectivity index (χ0n) is 23.5. The van der Waals surface area contributed by atoms with Crippen LogP contribution in [-0.2, 0) is 19.2 Å². The highest BCUT2D eigenvalue weighted by Crippen LogP contribution is 2.02. The maximum atomic E-state index is 12.0. The summed E-state index contributed by atoms with van der Waals surface area (Å²) in [6, 6.07) is -0.188. The number of nitrogens with zero attached hydrogens (tertiary/aromatic N) is 1. The lowest BCUT2D eigenvalue weighted by molar-refractivity contribution is -0.140. The van der Waals surface area contributed by atoms with Crippen molar-refractivity contribution in [3.63, 3.8) is 0 Å². The Morgan fingerprint density at radius 3 is 1.78 bits per heavy atom. The first-order valence-electron chi connectivity index (χ1n) is 13.8. The van der Waals surface area contributed by atoms with Crippen LogP contribution in [0.5, 0.6) is 0 Å². The molecule has 0 saturated carbocycles. The van der Waals surface area contributed by atoms with Crippen molar-refractivity contribution in [3.05, 3.63) is 29.6 Å². The van der Waals surface area contributed by atoms with Crippen LogP contribution in [-0.4, -0.2) is 83.1 Å². The molecule has 0 fully saturated rings. The van der Waals surface area contributed by atoms with Crippen molar-refractivity contribution in [1.29, 1.82) is 0 Å². The second kappa shape index (κ2) is 20.6. The van der Waals surface area contributed by atoms with Gasteiger partial charge in [0.1, 0.15) is 6.04 Å². The predicted molar refractivity (Wildman–Crippen MR) is 149 cm³/mol. The molecule has 0 aromatic carbocycles. The quantitative estimate of drug-likeness (QED) is 0.104. The van der Waals surface area contributed by atoms with Gasteiger partial charge in [0.25, 0.3) is 5.91 Å². The van der Waals surface area contributed by atoms with Crippen LogP contribution in [0, 0.1) is 6.92 Å². The lowest BCUT2D eigenvalue weighted by Crippen LogP contribution is -2.46. The minimum absolute atomic E-state index is 0.0834. The summed E-state index contributed by atoms with van der Waals surface area (Å²) in [5.41, 5.74) is 1.45. The summed E-state index contributed by atoms with van der Waals surface area (Å²) in [4.78, 5) is 73.3. The molecule has 228 valence electrons. The highest BCUT2D eigenvalue weighted by Gasteiger charge is 2.20. The van der Waals surface area contributed by atoms with E-state index in [1.165, 1.54) is 6.20 Å². The van der Waals surface area contributed by atoms with Crippen LogP contribution in [0.15, 0.2) is 18.5 Å². The number of hydrogen-bond donors (Lipinski definition) is 7. The largest absolute Gasteiger partial charge is 0.481 e. The van der Waals surface area contributed by atoms with Gasteiger partial charge in [0.15, 0.2) is 0 Å². The molecule has 14 nitrogen and oxygen atoms in total. The Hall–Kier alpha value is -4.23. The Kier molecular flexibility index (Phi) is 17.5. The minimum atomic E-state index is -1.30. The number of aryl methyl sites for hydroxylation is 1. The normalized spacial score (nSPS) is 11.1. The first-order valence-corrected chi connectivity index (χ1v) is 13.8. The van der Waals surface area contributed by atoms with Crippen LogP contribution >= 0.6 is 0 Å². The number of carbonyl (C=O) groups is 6. The smallest absolute Gasteiger partial charge is 0.326 e. The summed E-state index contributed by atoms with van der Waals surface area (Å²) < 4.78 is 0. The summed E-state index contributed by atoms with van der Waals surface area (Å²) in [5.74, 6) is -3.03. The van der Waals surface area contributed by atoms with Gasteiger partial charge in [-0.25, -0.2) is 9.59 Å². The van der Waals surface area contributed by atoms with Crippen molar-refractivity contribution in [2.45, 2.75) is 77.2 Å². The average molecular weight is 579 g/mol. The third-order valence-electron chi connectivity index (χ3n) is 5.89. The first kappa shape index (κ1) is 34.8. The zero-order chi connectivity index (χ0) is 30.5. The van der Waals surface area contributed by atoms with E-state index in [0.717, 1.165) is 24.8 Å². The molecule has 0 unspecified atom stereocenters. The lowest BCUT2D eigenvalue weighted by Gasteiger charge is -2.14. The number of rotatable bonds is 21. The molecule has 1 heterocycles. The van der Waals surface area contributed by atoms with Crippen molar-refractivity contribution < 1.29 is 39.0 Å². The number of carbonyl (C=O) groups excluding carboxylic acids is 4. The molecule has 41 heavy (non-hydrogen) atoms. The number of urea groups is 1. The van der Waals surface area contributed by atoms with Gasteiger partial charge < -0.3 is 36.8 Å². The van der Waals surface area contributed by atoms with E-state index in [-0.39, 0.29) is 43.4 Å². The molecular weight excluding hydrogens is 536 g/mol. The Balaban J connectivity index is 1.98. The summed E-state index contributed by atoms with van der Waals surface area (Å²) in [6.45, 7) is 3.64. The SMILES string of the molecule is Cc1cncc(C(=O)NCCCCCNC(=O)CCC(=O)NCCCCCNC(=O)N[C@H](CCC(=O)O)C(=O)O)c1. The van der Waals surface area contributed by atoms with E-state index >= 15 is 0 Å². The third-order valence-corrected chi connectivity index (χ3v) is 5.89. The molecule has 5 amide bonds. The Bertz CT molecular complexity index is 1020. The fourth-order valence-corrected chi connectivity index (χ4v) is 3.63. The van der Waals surface area contributed by atoms with Gasteiger partial charge in [-0.3, -0.25) is 24.2 Å². The molecule has 0 aliphatic heterocycles. The molecule has 0 aliphatic rings. The van der Waals surface area contributed by atoms with E-state index in [1.807, 2.05) is 6.92 Å². The number of nitrogens with one attached hydrogen (secondary N) is 5. The van der Waals surface area contributed by atoms with E-state index < -0.39 is 24.0 Å². The maximum absolute atomic E-state index is 12.0. The van der Waals surface area contributed by atoms with Gasteiger partial charge >= 0.3 is 18.0 Å². The molecule has 1 rings (SSSR count). The zero-order valence-corrected chi connectivity index (χ0v) is 23.5. The van der Waals surface area contributed by atoms with Crippen molar-refractivity contribution in [1.82, 2.24) is 31.6 Å². The molecular formula is C27H42N6O8. The van der Waals surface area contributed by atoms with E-state index in [0.29, 0.717) is 51.0 Å². The molecule has 1 aromatic heterocycles. The van der Waals surface area contributed by atoms with Gasteiger partial charge in [-0.2, -0.15) is 0 Å². The number of hydrogen-bond acceptors (Lipinski definition) is 7. The summed E-state index contributed by atoms with van der Waals surface area (Å²) >= 11 is 0. The van der Waals surface area contributed by atoms with Crippen molar-refractivity contribution in [2.75, 3.05) is 26.2 Å². The van der Waals surface area contributed by atoms with Gasteiger partial charge in [0, 0.05) is 57.8 Å². The highest BCUT2D eigenvalue weighted by molar-refractivity contribution is 5.94. The molecule has 1 aromatic rings. The summed E-state index contributed by atoms with van der Waals surface area (Å²) in [5, 5.41) is 30.8. The molecule has 1 atom stereocenters. The van der Waals surface area contributed by atoms with Crippen molar-refractivity contribution >= 4 is 35.7 Å². The number of pyridine rings is 1. The second-order valence-corrected chi connectivity index (χ2v) is 9.55. The standard InChI is InChI=1S/C27H42N6O8/c1-19-16-20(18-28-17-19)25(38)31-14-6-2-4-12-29-22(34)9-10-23(35)30-13-5-3-7-15-32-27(41)33-21(26(39)40)8-11-24(36)37/h16-18,21H,2-15H2,1H3,(H,29,34)(H,30,35)(H,31,38)(H,36,37)(H,39,40)(H2,32,33,41)/t21-/m1/s1. The number of amides is 5. The van der Waals surface area contributed by atoms with E-state index in [9.17, 15) is 28.8 Å². The van der Waals surface area contributed by atoms with Gasteiger partial charge in [-0.1, -0.05) is 0 Å². The van der Waals surface area contributed by atoms with E-state index in [2.05, 4.69) is 31.6 Å². The lowest BCUT2D eigenvalue weighted by atomic mass is 10.1. The van der Waals surface area contributed by atoms with Gasteiger partial charge in [0.05, 0.1) is 5.56 Å². The Morgan fingerprint density at radius 1 is 0.732 bits per heavy atom. The first-order chi connectivity index (χ1) is 19.6. The number of carboxylic acids is 2. The maximum Gasteiger partial charge on any atom is 0.326 e. The summed E-state index contributed by atoms with van der Waals surface area (Å²) in [6.07, 6.45) is 7.17. The topological polar surface area (TPSA) is 216 Å². The molecule has 14 heteroatoms. The van der Waals surface area contributed by atoms with Crippen LogP contribution in [0.25, 0.3) is 0 Å². The second-order valence-electron chi connectivity index (χ2n) is 9.55. The molecule has 0 radical (unpaired) electrons. The molecule has 0 aliphatic carbocycles. The predicted octanol–water partition coefficient (Wildman–Crippen LogP) is 1.09. The number of carboxylic acid groups (broad SMARTS) is 2. The van der Waals surface area contributed by atoms with Crippen LogP contribution in [0.2, 0.25) is 0 Å². The van der Waals surface area contributed by atoms with Crippen LogP contribution < -0.4 is 26.6 Å². The van der Waals surface area contributed by atoms with Crippen LogP contribution in [0.1, 0.15) is 80.1 Å². The number of aromatic nitrogens is 1. The number of unbranched alkanes of at least 4 members (excludes halogenated alkanes) is 4. The van der Waals surface area contributed by atoms with Crippen molar-refractivity contribution in [2.24, 2.45) is 0 Å². The average Bonchev–Trinajstić information content (AvgIpc) is 2.92. The fraction of sp³-hybridized carbons (Fsp3) is 0.593. The molecule has 0 spiro atoms. The minimum Gasteiger partial charge on any atom is -0.481 e. The van der Waals surface area contributed by atoms with Crippen molar-refractivity contribution in [3.8, 4) is 0 Å². The monoisotopic (exact) mass is 578 g/mol. The molecule has 0 bridgehead atoms. The van der Waals surface area contributed by atoms with Gasteiger partial charge in [-0.15, -0.1) is 0 Å². The molecule has 0 saturated heterocycles. The van der Waals surface area contributed by atoms with E-state index in [1.54, 1.807) is 12.3 Å². The van der Waals surface area contributed by atoms with E-state index in [4.69, 9.17) is 10.2 Å². The Morgan fingerprint density at radius 2 is 1.27 bits per heavy atom.